The average molecular weight is 448 g/mol. The SMILES string of the molecule is C=CCn1c(C)nnc1SCC(=O)N1N=C(c2cc3ccccc3o2)CC1c1ccco1. The Labute approximate surface area is 188 Å². The van der Waals surface area contributed by atoms with Crippen LogP contribution in [0.4, 0.5) is 0 Å². The number of rotatable bonds is 7. The maximum absolute atomic E-state index is 13.2. The Balaban J connectivity index is 1.40. The summed E-state index contributed by atoms with van der Waals surface area (Å²) in [5, 5.41) is 16.1. The van der Waals surface area contributed by atoms with Crippen molar-refractivity contribution in [1.82, 2.24) is 19.8 Å². The van der Waals surface area contributed by atoms with Crippen LogP contribution in [0.3, 0.4) is 0 Å². The zero-order chi connectivity index (χ0) is 22.1. The van der Waals surface area contributed by atoms with Crippen LogP contribution in [0.2, 0.25) is 0 Å². The Kier molecular flexibility index (Phi) is 5.40. The minimum atomic E-state index is -0.325. The molecule has 0 radical (unpaired) electrons. The van der Waals surface area contributed by atoms with Crippen LogP contribution >= 0.6 is 11.8 Å². The van der Waals surface area contributed by atoms with E-state index in [0.29, 0.717) is 35.4 Å². The summed E-state index contributed by atoms with van der Waals surface area (Å²) >= 11 is 1.33. The van der Waals surface area contributed by atoms with Gasteiger partial charge in [0.1, 0.15) is 28.9 Å². The third-order valence-corrected chi connectivity index (χ3v) is 6.24. The monoisotopic (exact) mass is 447 g/mol. The normalized spacial score (nSPS) is 16.0. The van der Waals surface area contributed by atoms with Crippen molar-refractivity contribution in [1.29, 1.82) is 0 Å². The lowest BCUT2D eigenvalue weighted by atomic mass is 10.1. The molecule has 0 aliphatic carbocycles. The number of hydrogen-bond acceptors (Lipinski definition) is 7. The highest BCUT2D eigenvalue weighted by atomic mass is 32.2. The number of benzene rings is 1. The van der Waals surface area contributed by atoms with Crippen LogP contribution in [0.1, 0.15) is 29.8 Å². The van der Waals surface area contributed by atoms with Crippen LogP contribution in [0.15, 0.2) is 80.5 Å². The number of carbonyl (C=O) groups excluding carboxylic acids is 1. The first kappa shape index (κ1) is 20.3. The summed E-state index contributed by atoms with van der Waals surface area (Å²) in [6, 6.07) is 13.1. The van der Waals surface area contributed by atoms with Gasteiger partial charge in [-0.25, -0.2) is 5.01 Å². The Morgan fingerprint density at radius 1 is 1.28 bits per heavy atom. The molecule has 0 fully saturated rings. The third-order valence-electron chi connectivity index (χ3n) is 5.29. The quantitative estimate of drug-likeness (QED) is 0.304. The molecule has 1 aliphatic rings. The van der Waals surface area contributed by atoms with E-state index < -0.39 is 0 Å². The lowest BCUT2D eigenvalue weighted by Crippen LogP contribution is -2.28. The van der Waals surface area contributed by atoms with Crippen LogP contribution in [0.5, 0.6) is 0 Å². The molecule has 0 spiro atoms. The predicted molar refractivity (Wildman–Crippen MR) is 121 cm³/mol. The topological polar surface area (TPSA) is 89.7 Å². The molecule has 0 N–H and O–H groups in total. The molecule has 1 atom stereocenters. The fourth-order valence-electron chi connectivity index (χ4n) is 3.72. The molecule has 4 heterocycles. The van der Waals surface area contributed by atoms with Crippen molar-refractivity contribution in [2.24, 2.45) is 5.10 Å². The highest BCUT2D eigenvalue weighted by molar-refractivity contribution is 7.99. The van der Waals surface area contributed by atoms with Gasteiger partial charge in [-0.1, -0.05) is 36.0 Å². The van der Waals surface area contributed by atoms with E-state index in [1.807, 2.05) is 54.0 Å². The number of hydrogen-bond donors (Lipinski definition) is 0. The van der Waals surface area contributed by atoms with Gasteiger partial charge >= 0.3 is 0 Å². The van der Waals surface area contributed by atoms with Gasteiger partial charge in [0.05, 0.1) is 12.0 Å². The zero-order valence-corrected chi connectivity index (χ0v) is 18.3. The van der Waals surface area contributed by atoms with Crippen molar-refractivity contribution in [3.63, 3.8) is 0 Å². The second-order valence-electron chi connectivity index (χ2n) is 7.39. The van der Waals surface area contributed by atoms with E-state index in [4.69, 9.17) is 8.83 Å². The summed E-state index contributed by atoms with van der Waals surface area (Å²) in [5.74, 6) is 2.15. The second-order valence-corrected chi connectivity index (χ2v) is 8.33. The largest absolute Gasteiger partial charge is 0.467 e. The predicted octanol–water partition coefficient (Wildman–Crippen LogP) is 4.58. The number of aromatic nitrogens is 3. The zero-order valence-electron chi connectivity index (χ0n) is 17.5. The highest BCUT2D eigenvalue weighted by Gasteiger charge is 2.36. The number of amides is 1. The van der Waals surface area contributed by atoms with Gasteiger partial charge in [-0.3, -0.25) is 4.79 Å². The van der Waals surface area contributed by atoms with Gasteiger partial charge < -0.3 is 13.4 Å². The molecule has 9 heteroatoms. The number of allylic oxidation sites excluding steroid dienone is 1. The summed E-state index contributed by atoms with van der Waals surface area (Å²) in [4.78, 5) is 13.2. The summed E-state index contributed by atoms with van der Waals surface area (Å²) in [5.41, 5.74) is 1.50. The van der Waals surface area contributed by atoms with Crippen molar-refractivity contribution in [3.05, 3.63) is 78.7 Å². The number of aryl methyl sites for hydroxylation is 1. The van der Waals surface area contributed by atoms with E-state index in [-0.39, 0.29) is 17.7 Å². The first-order valence-corrected chi connectivity index (χ1v) is 11.2. The minimum absolute atomic E-state index is 0.145. The van der Waals surface area contributed by atoms with E-state index >= 15 is 0 Å². The van der Waals surface area contributed by atoms with Gasteiger partial charge in [0, 0.05) is 18.4 Å². The lowest BCUT2D eigenvalue weighted by Gasteiger charge is -2.19. The smallest absolute Gasteiger partial charge is 0.253 e. The van der Waals surface area contributed by atoms with Crippen LogP contribution in [-0.2, 0) is 11.3 Å². The Hall–Kier alpha value is -3.59. The summed E-state index contributed by atoms with van der Waals surface area (Å²) in [7, 11) is 0. The first-order valence-electron chi connectivity index (χ1n) is 10.2. The molecular weight excluding hydrogens is 426 g/mol. The maximum Gasteiger partial charge on any atom is 0.253 e. The van der Waals surface area contributed by atoms with E-state index in [2.05, 4.69) is 21.9 Å². The molecule has 0 saturated carbocycles. The summed E-state index contributed by atoms with van der Waals surface area (Å²) in [6.45, 7) is 6.23. The number of para-hydroxylation sites is 1. The number of hydrazone groups is 1. The number of thioether (sulfide) groups is 1. The standard InChI is InChI=1S/C23H21N5O3S/c1-3-10-27-15(2)24-25-23(27)32-14-22(29)28-18(20-9-6-11-30-20)13-17(26-28)21-12-16-7-4-5-8-19(16)31-21/h3-9,11-12,18H,1,10,13-14H2,2H3. The van der Waals surface area contributed by atoms with Crippen LogP contribution in [0.25, 0.3) is 11.0 Å². The molecule has 1 aromatic carbocycles. The molecule has 3 aromatic heterocycles. The number of nitrogens with zero attached hydrogens (tertiary/aromatic N) is 5. The molecule has 1 amide bonds. The Morgan fingerprint density at radius 3 is 2.94 bits per heavy atom. The van der Waals surface area contributed by atoms with Crippen molar-refractivity contribution >= 4 is 34.3 Å². The van der Waals surface area contributed by atoms with Gasteiger partial charge in [-0.05, 0) is 31.2 Å². The first-order chi connectivity index (χ1) is 15.6. The van der Waals surface area contributed by atoms with Crippen LogP contribution < -0.4 is 0 Å². The third kappa shape index (κ3) is 3.75. The lowest BCUT2D eigenvalue weighted by molar-refractivity contribution is -0.130. The van der Waals surface area contributed by atoms with Gasteiger partial charge in [-0.15, -0.1) is 16.8 Å². The van der Waals surface area contributed by atoms with E-state index in [1.54, 1.807) is 12.3 Å². The van der Waals surface area contributed by atoms with Crippen molar-refractivity contribution in [3.8, 4) is 0 Å². The van der Waals surface area contributed by atoms with E-state index in [9.17, 15) is 4.79 Å². The molecule has 1 aliphatic heterocycles. The molecule has 0 bridgehead atoms. The fourth-order valence-corrected chi connectivity index (χ4v) is 4.56. The molecule has 162 valence electrons. The van der Waals surface area contributed by atoms with Crippen molar-refractivity contribution in [2.75, 3.05) is 5.75 Å². The maximum atomic E-state index is 13.2. The number of furan rings is 2. The van der Waals surface area contributed by atoms with E-state index in [1.165, 1.54) is 16.8 Å². The number of carbonyl (C=O) groups is 1. The van der Waals surface area contributed by atoms with Crippen molar-refractivity contribution in [2.45, 2.75) is 31.1 Å². The summed E-state index contributed by atoms with van der Waals surface area (Å²) in [6.07, 6.45) is 3.89. The average Bonchev–Trinajstić information content (AvgIpc) is 3.58. The molecule has 5 rings (SSSR count). The minimum Gasteiger partial charge on any atom is -0.467 e. The van der Waals surface area contributed by atoms with Crippen LogP contribution in [0, 0.1) is 6.92 Å². The molecule has 4 aromatic rings. The van der Waals surface area contributed by atoms with Gasteiger partial charge in [0.15, 0.2) is 10.9 Å². The van der Waals surface area contributed by atoms with Crippen LogP contribution in [-0.4, -0.2) is 37.1 Å². The molecular formula is C23H21N5O3S. The van der Waals surface area contributed by atoms with Crippen molar-refractivity contribution < 1.29 is 13.6 Å². The Bertz CT molecular complexity index is 1270. The molecule has 0 saturated heterocycles. The molecule has 8 nitrogen and oxygen atoms in total. The highest BCUT2D eigenvalue weighted by Crippen LogP contribution is 2.35. The van der Waals surface area contributed by atoms with Gasteiger partial charge in [-0.2, -0.15) is 5.10 Å². The van der Waals surface area contributed by atoms with Gasteiger partial charge in [0.2, 0.25) is 0 Å². The molecule has 1 unspecified atom stereocenters. The summed E-state index contributed by atoms with van der Waals surface area (Å²) < 4.78 is 13.5. The Morgan fingerprint density at radius 2 is 2.16 bits per heavy atom. The number of fused-ring (bicyclic) bond motifs is 1. The second kappa shape index (κ2) is 8.51. The fraction of sp³-hybridized carbons (Fsp3) is 0.217. The van der Waals surface area contributed by atoms with E-state index in [0.717, 1.165) is 16.8 Å². The van der Waals surface area contributed by atoms with Gasteiger partial charge in [0.25, 0.3) is 5.91 Å². The molecule has 32 heavy (non-hydrogen) atoms.